The number of hydrogen-bond acceptors (Lipinski definition) is 6. The Labute approximate surface area is 123 Å². The SMILES string of the molecule is CCC(CC)(CN)c1nc(-c2ccc(O)c(OC)c2)no1. The Morgan fingerprint density at radius 1 is 1.33 bits per heavy atom. The van der Waals surface area contributed by atoms with Crippen LogP contribution in [0.1, 0.15) is 32.6 Å². The highest BCUT2D eigenvalue weighted by molar-refractivity contribution is 5.60. The number of ether oxygens (including phenoxy) is 1. The number of phenols is 1. The molecule has 114 valence electrons. The molecule has 0 radical (unpaired) electrons. The Kier molecular flexibility index (Phi) is 4.47. The van der Waals surface area contributed by atoms with Crippen LogP contribution in [-0.4, -0.2) is 28.9 Å². The highest BCUT2D eigenvalue weighted by atomic mass is 16.5. The molecule has 1 aromatic heterocycles. The van der Waals surface area contributed by atoms with Crippen molar-refractivity contribution in [3.8, 4) is 22.9 Å². The summed E-state index contributed by atoms with van der Waals surface area (Å²) < 4.78 is 10.5. The fraction of sp³-hybridized carbons (Fsp3) is 0.467. The van der Waals surface area contributed by atoms with Crippen molar-refractivity contribution < 1.29 is 14.4 Å². The van der Waals surface area contributed by atoms with E-state index in [-0.39, 0.29) is 11.2 Å². The summed E-state index contributed by atoms with van der Waals surface area (Å²) >= 11 is 0. The molecule has 21 heavy (non-hydrogen) atoms. The van der Waals surface area contributed by atoms with E-state index in [0.29, 0.717) is 24.0 Å². The molecular weight excluding hydrogens is 270 g/mol. The molecule has 0 amide bonds. The van der Waals surface area contributed by atoms with Gasteiger partial charge in [-0.25, -0.2) is 0 Å². The van der Waals surface area contributed by atoms with Crippen LogP contribution in [0.3, 0.4) is 0 Å². The van der Waals surface area contributed by atoms with Crippen LogP contribution in [0.4, 0.5) is 0 Å². The van der Waals surface area contributed by atoms with E-state index in [0.717, 1.165) is 18.4 Å². The van der Waals surface area contributed by atoms with E-state index in [2.05, 4.69) is 24.0 Å². The molecule has 0 saturated heterocycles. The average Bonchev–Trinajstić information content (AvgIpc) is 3.00. The summed E-state index contributed by atoms with van der Waals surface area (Å²) in [6.45, 7) is 4.58. The van der Waals surface area contributed by atoms with Gasteiger partial charge in [-0.2, -0.15) is 4.98 Å². The predicted octanol–water partition coefficient (Wildman–Crippen LogP) is 2.47. The molecule has 0 aliphatic rings. The van der Waals surface area contributed by atoms with Crippen molar-refractivity contribution in [2.24, 2.45) is 5.73 Å². The number of nitrogens with zero attached hydrogens (tertiary/aromatic N) is 2. The maximum Gasteiger partial charge on any atom is 0.234 e. The maximum absolute atomic E-state index is 9.62. The lowest BCUT2D eigenvalue weighted by molar-refractivity contribution is 0.267. The summed E-state index contributed by atoms with van der Waals surface area (Å²) in [7, 11) is 1.49. The monoisotopic (exact) mass is 291 g/mol. The second-order valence-corrected chi connectivity index (χ2v) is 5.00. The number of aromatic nitrogens is 2. The standard InChI is InChI=1S/C15H21N3O3/c1-4-15(5-2,9-16)14-17-13(18-21-14)10-6-7-11(19)12(8-10)20-3/h6-8,19H,4-5,9,16H2,1-3H3. The molecule has 1 heterocycles. The lowest BCUT2D eigenvalue weighted by Crippen LogP contribution is -2.34. The fourth-order valence-electron chi connectivity index (χ4n) is 2.30. The van der Waals surface area contributed by atoms with Gasteiger partial charge in [0.15, 0.2) is 11.5 Å². The first kappa shape index (κ1) is 15.3. The third-order valence-electron chi connectivity index (χ3n) is 4.06. The lowest BCUT2D eigenvalue weighted by Gasteiger charge is -2.24. The molecule has 6 nitrogen and oxygen atoms in total. The quantitative estimate of drug-likeness (QED) is 0.849. The average molecular weight is 291 g/mol. The number of benzene rings is 1. The minimum atomic E-state index is -0.285. The van der Waals surface area contributed by atoms with Gasteiger partial charge in [-0.1, -0.05) is 19.0 Å². The van der Waals surface area contributed by atoms with E-state index in [1.54, 1.807) is 18.2 Å². The number of phenolic OH excluding ortho intramolecular Hbond substituents is 1. The number of nitrogens with two attached hydrogens (primary N) is 1. The minimum Gasteiger partial charge on any atom is -0.504 e. The van der Waals surface area contributed by atoms with Crippen LogP contribution < -0.4 is 10.5 Å². The highest BCUT2D eigenvalue weighted by Gasteiger charge is 2.33. The smallest absolute Gasteiger partial charge is 0.234 e. The van der Waals surface area contributed by atoms with Gasteiger partial charge in [-0.05, 0) is 31.0 Å². The maximum atomic E-state index is 9.62. The highest BCUT2D eigenvalue weighted by Crippen LogP contribution is 2.33. The Morgan fingerprint density at radius 2 is 2.05 bits per heavy atom. The van der Waals surface area contributed by atoms with Gasteiger partial charge in [0, 0.05) is 12.1 Å². The first-order valence-corrected chi connectivity index (χ1v) is 7.01. The van der Waals surface area contributed by atoms with Crippen molar-refractivity contribution in [3.05, 3.63) is 24.1 Å². The van der Waals surface area contributed by atoms with Gasteiger partial charge in [0.1, 0.15) is 0 Å². The first-order chi connectivity index (χ1) is 10.1. The molecular formula is C15H21N3O3. The van der Waals surface area contributed by atoms with Gasteiger partial charge >= 0.3 is 0 Å². The van der Waals surface area contributed by atoms with Crippen LogP contribution in [0.25, 0.3) is 11.4 Å². The second-order valence-electron chi connectivity index (χ2n) is 5.00. The molecule has 0 bridgehead atoms. The van der Waals surface area contributed by atoms with Crippen LogP contribution >= 0.6 is 0 Å². The number of rotatable bonds is 6. The van der Waals surface area contributed by atoms with Gasteiger partial charge in [-0.3, -0.25) is 0 Å². The Hall–Kier alpha value is -2.08. The Morgan fingerprint density at radius 3 is 2.62 bits per heavy atom. The molecule has 2 rings (SSSR count). The molecule has 0 aliphatic heterocycles. The summed E-state index contributed by atoms with van der Waals surface area (Å²) in [5.41, 5.74) is 6.33. The number of methoxy groups -OCH3 is 1. The summed E-state index contributed by atoms with van der Waals surface area (Å²) in [4.78, 5) is 4.48. The largest absolute Gasteiger partial charge is 0.504 e. The molecule has 3 N–H and O–H groups in total. The zero-order valence-electron chi connectivity index (χ0n) is 12.6. The van der Waals surface area contributed by atoms with Gasteiger partial charge in [0.2, 0.25) is 11.7 Å². The predicted molar refractivity (Wildman–Crippen MR) is 79.3 cm³/mol. The molecule has 6 heteroatoms. The van der Waals surface area contributed by atoms with Crippen LogP contribution in [0.15, 0.2) is 22.7 Å². The van der Waals surface area contributed by atoms with Crippen molar-refractivity contribution in [2.45, 2.75) is 32.1 Å². The molecule has 2 aromatic rings. The molecule has 0 unspecified atom stereocenters. The zero-order chi connectivity index (χ0) is 15.5. The second kappa shape index (κ2) is 6.13. The molecule has 0 saturated carbocycles. The summed E-state index contributed by atoms with van der Waals surface area (Å²) in [5, 5.41) is 13.6. The zero-order valence-corrected chi connectivity index (χ0v) is 12.6. The molecule has 0 aliphatic carbocycles. The van der Waals surface area contributed by atoms with Crippen molar-refractivity contribution in [3.63, 3.8) is 0 Å². The third-order valence-corrected chi connectivity index (χ3v) is 4.06. The molecule has 0 spiro atoms. The molecule has 0 atom stereocenters. The van der Waals surface area contributed by atoms with Crippen LogP contribution in [0.2, 0.25) is 0 Å². The van der Waals surface area contributed by atoms with Crippen molar-refractivity contribution in [2.75, 3.05) is 13.7 Å². The lowest BCUT2D eigenvalue weighted by atomic mass is 9.82. The van der Waals surface area contributed by atoms with E-state index in [1.807, 2.05) is 0 Å². The van der Waals surface area contributed by atoms with Gasteiger partial charge in [0.25, 0.3) is 0 Å². The van der Waals surface area contributed by atoms with Gasteiger partial charge in [-0.15, -0.1) is 0 Å². The topological polar surface area (TPSA) is 94.4 Å². The first-order valence-electron chi connectivity index (χ1n) is 7.01. The summed E-state index contributed by atoms with van der Waals surface area (Å²) in [5.74, 6) is 1.46. The van der Waals surface area contributed by atoms with Crippen LogP contribution in [-0.2, 0) is 5.41 Å². The Bertz CT molecular complexity index is 598. The van der Waals surface area contributed by atoms with E-state index >= 15 is 0 Å². The number of aromatic hydroxyl groups is 1. The summed E-state index contributed by atoms with van der Waals surface area (Å²) in [6.07, 6.45) is 1.67. The molecule has 1 aromatic carbocycles. The van der Waals surface area contributed by atoms with E-state index < -0.39 is 0 Å². The summed E-state index contributed by atoms with van der Waals surface area (Å²) in [6, 6.07) is 4.93. The van der Waals surface area contributed by atoms with Gasteiger partial charge in [0.05, 0.1) is 12.5 Å². The number of hydrogen-bond donors (Lipinski definition) is 2. The van der Waals surface area contributed by atoms with E-state index in [4.69, 9.17) is 15.0 Å². The van der Waals surface area contributed by atoms with Crippen LogP contribution in [0.5, 0.6) is 11.5 Å². The van der Waals surface area contributed by atoms with E-state index in [1.165, 1.54) is 7.11 Å². The van der Waals surface area contributed by atoms with Crippen molar-refractivity contribution in [1.29, 1.82) is 0 Å². The fourth-order valence-corrected chi connectivity index (χ4v) is 2.30. The normalized spacial score (nSPS) is 11.6. The van der Waals surface area contributed by atoms with Crippen LogP contribution in [0, 0.1) is 0 Å². The van der Waals surface area contributed by atoms with E-state index in [9.17, 15) is 5.11 Å². The van der Waals surface area contributed by atoms with Crippen molar-refractivity contribution >= 4 is 0 Å². The Balaban J connectivity index is 2.40. The van der Waals surface area contributed by atoms with Crippen molar-refractivity contribution in [1.82, 2.24) is 10.1 Å². The third kappa shape index (κ3) is 2.71. The molecule has 0 fully saturated rings. The van der Waals surface area contributed by atoms with Gasteiger partial charge < -0.3 is 20.1 Å². The minimum absolute atomic E-state index is 0.0726.